The van der Waals surface area contributed by atoms with Crippen LogP contribution in [0.4, 0.5) is 11.4 Å². The third kappa shape index (κ3) is 4.38. The van der Waals surface area contributed by atoms with E-state index in [1.54, 1.807) is 18.2 Å². The molecule has 2 aliphatic heterocycles. The Morgan fingerprint density at radius 3 is 2.31 bits per heavy atom. The van der Waals surface area contributed by atoms with Crippen LogP contribution in [0.25, 0.3) is 0 Å². The van der Waals surface area contributed by atoms with Gasteiger partial charge in [-0.1, -0.05) is 19.3 Å². The fourth-order valence-electron chi connectivity index (χ4n) is 4.79. The highest BCUT2D eigenvalue weighted by Gasteiger charge is 2.28. The summed E-state index contributed by atoms with van der Waals surface area (Å²) in [6, 6.07) is 13.0. The molecule has 0 atom stereocenters. The lowest BCUT2D eigenvalue weighted by Gasteiger charge is -2.38. The second kappa shape index (κ2) is 9.10. The van der Waals surface area contributed by atoms with E-state index in [9.17, 15) is 9.59 Å². The molecule has 2 aromatic carbocycles. The van der Waals surface area contributed by atoms with Gasteiger partial charge in [-0.15, -0.1) is 0 Å². The number of carbonyl (C=O) groups excluding carboxylic acids is 2. The first-order chi connectivity index (χ1) is 15.7. The maximum Gasteiger partial charge on any atom is 0.255 e. The molecule has 2 amide bonds. The molecule has 1 aliphatic carbocycles. The highest BCUT2D eigenvalue weighted by Crippen LogP contribution is 2.33. The quantitative estimate of drug-likeness (QED) is 0.789. The highest BCUT2D eigenvalue weighted by molar-refractivity contribution is 6.04. The predicted molar refractivity (Wildman–Crippen MR) is 122 cm³/mol. The second-order valence-electron chi connectivity index (χ2n) is 8.72. The largest absolute Gasteiger partial charge is 0.454 e. The topological polar surface area (TPSA) is 71.1 Å². The Labute approximate surface area is 188 Å². The lowest BCUT2D eigenvalue weighted by atomic mass is 9.88. The van der Waals surface area contributed by atoms with Gasteiger partial charge < -0.3 is 24.6 Å². The van der Waals surface area contributed by atoms with Crippen LogP contribution in [0, 0.1) is 5.92 Å². The molecule has 7 nitrogen and oxygen atoms in total. The molecule has 2 aromatic rings. The number of fused-ring (bicyclic) bond motifs is 1. The van der Waals surface area contributed by atoms with Gasteiger partial charge in [0.2, 0.25) is 12.7 Å². The zero-order valence-corrected chi connectivity index (χ0v) is 18.2. The van der Waals surface area contributed by atoms with Gasteiger partial charge in [-0.25, -0.2) is 0 Å². The number of nitrogens with one attached hydrogen (secondary N) is 1. The van der Waals surface area contributed by atoms with E-state index in [2.05, 4.69) is 10.2 Å². The SMILES string of the molecule is O=C(Nc1ccc(N2CCN(C(=O)C3CCCCC3)CC2)cc1)c1ccc2c(c1)OCO2. The highest BCUT2D eigenvalue weighted by atomic mass is 16.7. The zero-order valence-electron chi connectivity index (χ0n) is 18.2. The summed E-state index contributed by atoms with van der Waals surface area (Å²) < 4.78 is 10.6. The van der Waals surface area contributed by atoms with Crippen LogP contribution < -0.4 is 19.7 Å². The van der Waals surface area contributed by atoms with Crippen molar-refractivity contribution < 1.29 is 19.1 Å². The first-order valence-electron chi connectivity index (χ1n) is 11.5. The third-order valence-electron chi connectivity index (χ3n) is 6.67. The molecule has 1 saturated carbocycles. The van der Waals surface area contributed by atoms with Gasteiger partial charge in [-0.3, -0.25) is 9.59 Å². The molecule has 2 heterocycles. The number of nitrogens with zero attached hydrogens (tertiary/aromatic N) is 2. The average molecular weight is 436 g/mol. The Morgan fingerprint density at radius 1 is 0.844 bits per heavy atom. The molecule has 0 bridgehead atoms. The van der Waals surface area contributed by atoms with E-state index >= 15 is 0 Å². The number of hydrogen-bond donors (Lipinski definition) is 1. The summed E-state index contributed by atoms with van der Waals surface area (Å²) >= 11 is 0. The number of hydrogen-bond acceptors (Lipinski definition) is 5. The molecule has 3 aliphatic rings. The van der Waals surface area contributed by atoms with Gasteiger partial charge in [-0.05, 0) is 55.3 Å². The van der Waals surface area contributed by atoms with E-state index < -0.39 is 0 Å². The molecule has 2 fully saturated rings. The lowest BCUT2D eigenvalue weighted by Crippen LogP contribution is -2.50. The minimum atomic E-state index is -0.189. The molecule has 32 heavy (non-hydrogen) atoms. The molecule has 0 unspecified atom stereocenters. The van der Waals surface area contributed by atoms with Gasteiger partial charge in [0.25, 0.3) is 5.91 Å². The summed E-state index contributed by atoms with van der Waals surface area (Å²) in [6.07, 6.45) is 5.75. The molecule has 168 valence electrons. The van der Waals surface area contributed by atoms with Crippen LogP contribution in [0.15, 0.2) is 42.5 Å². The number of benzene rings is 2. The molecule has 0 spiro atoms. The Morgan fingerprint density at radius 2 is 1.56 bits per heavy atom. The van der Waals surface area contributed by atoms with Crippen molar-refractivity contribution in [1.82, 2.24) is 4.90 Å². The molecule has 1 N–H and O–H groups in total. The fourth-order valence-corrected chi connectivity index (χ4v) is 4.79. The van der Waals surface area contributed by atoms with Crippen molar-refractivity contribution in [3.8, 4) is 11.5 Å². The molecular formula is C25H29N3O4. The van der Waals surface area contributed by atoms with Crippen molar-refractivity contribution in [1.29, 1.82) is 0 Å². The van der Waals surface area contributed by atoms with Crippen molar-refractivity contribution in [3.63, 3.8) is 0 Å². The van der Waals surface area contributed by atoms with E-state index in [1.165, 1.54) is 19.3 Å². The number of ether oxygens (including phenoxy) is 2. The van der Waals surface area contributed by atoms with Crippen LogP contribution in [0.3, 0.4) is 0 Å². The van der Waals surface area contributed by atoms with Gasteiger partial charge in [0.05, 0.1) is 0 Å². The van der Waals surface area contributed by atoms with Crippen LogP contribution in [0.2, 0.25) is 0 Å². The Balaban J connectivity index is 1.15. The van der Waals surface area contributed by atoms with Crippen molar-refractivity contribution in [3.05, 3.63) is 48.0 Å². The molecule has 7 heteroatoms. The minimum Gasteiger partial charge on any atom is -0.454 e. The Hall–Kier alpha value is -3.22. The van der Waals surface area contributed by atoms with Crippen molar-refractivity contribution in [2.45, 2.75) is 32.1 Å². The summed E-state index contributed by atoms with van der Waals surface area (Å²) in [5, 5.41) is 2.93. The number of rotatable bonds is 4. The number of amides is 2. The maximum absolute atomic E-state index is 12.8. The molecule has 5 rings (SSSR count). The summed E-state index contributed by atoms with van der Waals surface area (Å²) in [4.78, 5) is 29.7. The van der Waals surface area contributed by atoms with E-state index in [-0.39, 0.29) is 18.6 Å². The number of anilines is 2. The zero-order chi connectivity index (χ0) is 21.9. The van der Waals surface area contributed by atoms with Gasteiger partial charge >= 0.3 is 0 Å². The van der Waals surface area contributed by atoms with E-state index in [0.29, 0.717) is 23.0 Å². The summed E-state index contributed by atoms with van der Waals surface area (Å²) in [5.74, 6) is 1.65. The predicted octanol–water partition coefficient (Wildman–Crippen LogP) is 3.90. The van der Waals surface area contributed by atoms with E-state index in [0.717, 1.165) is 50.4 Å². The average Bonchev–Trinajstić information content (AvgIpc) is 3.33. The van der Waals surface area contributed by atoms with Gasteiger partial charge in [0.15, 0.2) is 11.5 Å². The number of piperazine rings is 1. The lowest BCUT2D eigenvalue weighted by molar-refractivity contribution is -0.136. The standard InChI is InChI=1S/C25H29N3O4/c29-24(19-6-11-22-23(16-19)32-17-31-22)26-20-7-9-21(10-8-20)27-12-14-28(15-13-27)25(30)18-4-2-1-3-5-18/h6-11,16,18H,1-5,12-15,17H2,(H,26,29). The van der Waals surface area contributed by atoms with Crippen molar-refractivity contribution in [2.24, 2.45) is 5.92 Å². The maximum atomic E-state index is 12.8. The van der Waals surface area contributed by atoms with Gasteiger partial charge in [0.1, 0.15) is 0 Å². The molecule has 0 aromatic heterocycles. The van der Waals surface area contributed by atoms with Crippen LogP contribution >= 0.6 is 0 Å². The third-order valence-corrected chi connectivity index (χ3v) is 6.67. The van der Waals surface area contributed by atoms with Crippen LogP contribution in [0.5, 0.6) is 11.5 Å². The summed E-state index contributed by atoms with van der Waals surface area (Å²) in [6.45, 7) is 3.41. The first-order valence-corrected chi connectivity index (χ1v) is 11.5. The van der Waals surface area contributed by atoms with Gasteiger partial charge in [0, 0.05) is 49.0 Å². The summed E-state index contributed by atoms with van der Waals surface area (Å²) in [7, 11) is 0. The van der Waals surface area contributed by atoms with Crippen LogP contribution in [-0.4, -0.2) is 49.7 Å². The monoisotopic (exact) mass is 435 g/mol. The van der Waals surface area contributed by atoms with Crippen molar-refractivity contribution >= 4 is 23.2 Å². The second-order valence-corrected chi connectivity index (χ2v) is 8.72. The minimum absolute atomic E-state index is 0.185. The van der Waals surface area contributed by atoms with Crippen molar-refractivity contribution in [2.75, 3.05) is 43.2 Å². The molecule has 0 radical (unpaired) electrons. The van der Waals surface area contributed by atoms with Gasteiger partial charge in [-0.2, -0.15) is 0 Å². The smallest absolute Gasteiger partial charge is 0.255 e. The normalized spacial score (nSPS) is 18.5. The molecule has 1 saturated heterocycles. The van der Waals surface area contributed by atoms with Crippen LogP contribution in [-0.2, 0) is 4.79 Å². The molecular weight excluding hydrogens is 406 g/mol. The van der Waals surface area contributed by atoms with E-state index in [4.69, 9.17) is 9.47 Å². The van der Waals surface area contributed by atoms with Crippen LogP contribution in [0.1, 0.15) is 42.5 Å². The number of carbonyl (C=O) groups is 2. The Kier molecular flexibility index (Phi) is 5.88. The summed E-state index contributed by atoms with van der Waals surface area (Å²) in [5.41, 5.74) is 2.37. The Bertz CT molecular complexity index is 977. The first kappa shape index (κ1) is 20.7. The van der Waals surface area contributed by atoms with E-state index in [1.807, 2.05) is 29.2 Å². The fraction of sp³-hybridized carbons (Fsp3) is 0.440.